The van der Waals surface area contributed by atoms with Gasteiger partial charge in [0.2, 0.25) is 0 Å². The summed E-state index contributed by atoms with van der Waals surface area (Å²) in [6.07, 6.45) is 0.541. The summed E-state index contributed by atoms with van der Waals surface area (Å²) in [5.74, 6) is 0. The zero-order valence-electron chi connectivity index (χ0n) is 9.34. The van der Waals surface area contributed by atoms with Crippen LogP contribution in [0.1, 0.15) is 5.56 Å². The van der Waals surface area contributed by atoms with Gasteiger partial charge in [-0.2, -0.15) is 0 Å². The zero-order valence-corrected chi connectivity index (χ0v) is 9.34. The fraction of sp³-hybridized carbons (Fsp3) is 0.273. The molecule has 0 aliphatic rings. The summed E-state index contributed by atoms with van der Waals surface area (Å²) in [5, 5.41) is 16.0. The highest BCUT2D eigenvalue weighted by Crippen LogP contribution is 2.05. The molecule has 0 aromatic heterocycles. The predicted octanol–water partition coefficient (Wildman–Crippen LogP) is -0.185. The second kappa shape index (κ2) is 6.49. The van der Waals surface area contributed by atoms with Gasteiger partial charge in [-0.3, -0.25) is 5.41 Å². The van der Waals surface area contributed by atoms with E-state index in [0.717, 1.165) is 5.56 Å². The molecule has 6 N–H and O–H groups in total. The van der Waals surface area contributed by atoms with E-state index in [0.29, 0.717) is 6.42 Å². The summed E-state index contributed by atoms with van der Waals surface area (Å²) >= 11 is 0. The normalized spacial score (nSPS) is 13.1. The first-order valence-electron chi connectivity index (χ1n) is 5.11. The second-order valence-corrected chi connectivity index (χ2v) is 3.46. The van der Waals surface area contributed by atoms with Crippen LogP contribution in [0.3, 0.4) is 0 Å². The standard InChI is InChI=1S/C11H16N4O2/c12-10(13)17-11(14)15-9(7-16)6-8-4-2-1-3-5-8/h1-5,9,16H,6-7H2,(H3,12,13)(H2,14,15)/t9-/m1/s1. The minimum Gasteiger partial charge on any atom is -0.394 e. The van der Waals surface area contributed by atoms with Gasteiger partial charge in [-0.1, -0.05) is 30.3 Å². The molecule has 0 saturated heterocycles. The molecule has 0 aliphatic carbocycles. The van der Waals surface area contributed by atoms with Crippen LogP contribution in [-0.4, -0.2) is 29.8 Å². The van der Waals surface area contributed by atoms with Gasteiger partial charge in [0.1, 0.15) is 0 Å². The first-order chi connectivity index (χ1) is 8.11. The highest BCUT2D eigenvalue weighted by molar-refractivity contribution is 5.85. The fourth-order valence-corrected chi connectivity index (χ4v) is 1.36. The van der Waals surface area contributed by atoms with Crippen molar-refractivity contribution in [2.75, 3.05) is 6.61 Å². The highest BCUT2D eigenvalue weighted by atomic mass is 16.5. The Morgan fingerprint density at radius 3 is 2.53 bits per heavy atom. The van der Waals surface area contributed by atoms with Crippen LogP contribution in [0.15, 0.2) is 35.3 Å². The highest BCUT2D eigenvalue weighted by Gasteiger charge is 2.08. The van der Waals surface area contributed by atoms with Crippen LogP contribution in [0.2, 0.25) is 0 Å². The minimum atomic E-state index is -0.525. The fourth-order valence-electron chi connectivity index (χ4n) is 1.36. The van der Waals surface area contributed by atoms with E-state index in [9.17, 15) is 0 Å². The maximum Gasteiger partial charge on any atom is 0.290 e. The lowest BCUT2D eigenvalue weighted by atomic mass is 10.1. The van der Waals surface area contributed by atoms with Crippen molar-refractivity contribution in [2.45, 2.75) is 12.5 Å². The Morgan fingerprint density at radius 2 is 2.00 bits per heavy atom. The smallest absolute Gasteiger partial charge is 0.290 e. The van der Waals surface area contributed by atoms with Gasteiger partial charge in [0.25, 0.3) is 12.0 Å². The largest absolute Gasteiger partial charge is 0.394 e. The number of hydrogen-bond donors (Lipinski definition) is 4. The molecule has 1 atom stereocenters. The summed E-state index contributed by atoms with van der Waals surface area (Å²) in [4.78, 5) is 3.93. The lowest BCUT2D eigenvalue weighted by Crippen LogP contribution is -2.28. The van der Waals surface area contributed by atoms with E-state index in [2.05, 4.69) is 9.73 Å². The number of nitrogens with two attached hydrogens (primary N) is 2. The number of hydrogen-bond acceptors (Lipinski definition) is 4. The maximum atomic E-state index is 9.17. The van der Waals surface area contributed by atoms with Crippen LogP contribution >= 0.6 is 0 Å². The van der Waals surface area contributed by atoms with Crippen molar-refractivity contribution >= 4 is 12.0 Å². The third kappa shape index (κ3) is 4.98. The van der Waals surface area contributed by atoms with E-state index in [1.165, 1.54) is 0 Å². The predicted molar refractivity (Wildman–Crippen MR) is 65.6 cm³/mol. The number of rotatable bonds is 4. The van der Waals surface area contributed by atoms with Crippen molar-refractivity contribution in [3.63, 3.8) is 0 Å². The molecule has 1 aromatic rings. The molecule has 0 bridgehead atoms. The summed E-state index contributed by atoms with van der Waals surface area (Å²) in [6, 6.07) is 8.44. The van der Waals surface area contributed by atoms with Gasteiger partial charge < -0.3 is 21.3 Å². The SMILES string of the molecule is N=C(N)OC(N)=N[C@@H](CO)Cc1ccccc1. The van der Waals surface area contributed by atoms with Crippen LogP contribution in [0, 0.1) is 5.41 Å². The van der Waals surface area contributed by atoms with Gasteiger partial charge in [-0.15, -0.1) is 0 Å². The van der Waals surface area contributed by atoms with E-state index in [1.807, 2.05) is 30.3 Å². The molecule has 0 unspecified atom stereocenters. The number of aliphatic hydroxyl groups is 1. The van der Waals surface area contributed by atoms with Crippen molar-refractivity contribution in [3.8, 4) is 0 Å². The summed E-state index contributed by atoms with van der Waals surface area (Å²) in [5.41, 5.74) is 11.4. The number of nitrogens with one attached hydrogen (secondary N) is 1. The van der Waals surface area contributed by atoms with Gasteiger partial charge in [0.15, 0.2) is 0 Å². The van der Waals surface area contributed by atoms with E-state index >= 15 is 0 Å². The molecule has 0 fully saturated rings. The van der Waals surface area contributed by atoms with Crippen LogP contribution in [-0.2, 0) is 11.2 Å². The topological polar surface area (TPSA) is 118 Å². The summed E-state index contributed by atoms with van der Waals surface area (Å²) < 4.78 is 4.60. The number of amidine groups is 2. The maximum absolute atomic E-state index is 9.17. The van der Waals surface area contributed by atoms with Crippen LogP contribution in [0.25, 0.3) is 0 Å². The van der Waals surface area contributed by atoms with E-state index in [-0.39, 0.29) is 12.6 Å². The number of aliphatic imine (C=N–C) groups is 1. The molecule has 0 spiro atoms. The number of aliphatic hydroxyl groups excluding tert-OH is 1. The second-order valence-electron chi connectivity index (χ2n) is 3.46. The number of nitrogens with zero attached hydrogens (tertiary/aromatic N) is 1. The molecule has 0 aliphatic heterocycles. The Balaban J connectivity index is 2.63. The van der Waals surface area contributed by atoms with E-state index in [4.69, 9.17) is 22.0 Å². The molecule has 17 heavy (non-hydrogen) atoms. The van der Waals surface area contributed by atoms with Crippen molar-refractivity contribution in [1.29, 1.82) is 5.41 Å². The Kier molecular flexibility index (Phi) is 4.96. The lowest BCUT2D eigenvalue weighted by Gasteiger charge is -2.10. The Hall–Kier alpha value is -2.08. The molecule has 6 heteroatoms. The molecule has 0 saturated carbocycles. The molecule has 0 radical (unpaired) electrons. The average molecular weight is 236 g/mol. The van der Waals surface area contributed by atoms with Crippen LogP contribution < -0.4 is 11.5 Å². The first kappa shape index (κ1) is 13.0. The van der Waals surface area contributed by atoms with E-state index in [1.54, 1.807) is 0 Å². The first-order valence-corrected chi connectivity index (χ1v) is 5.11. The molecule has 1 rings (SSSR count). The summed E-state index contributed by atoms with van der Waals surface area (Å²) in [7, 11) is 0. The zero-order chi connectivity index (χ0) is 12.7. The van der Waals surface area contributed by atoms with Gasteiger partial charge in [0, 0.05) is 0 Å². The molecule has 1 aromatic carbocycles. The quantitative estimate of drug-likeness (QED) is 0.428. The van der Waals surface area contributed by atoms with Crippen molar-refractivity contribution in [2.24, 2.45) is 16.5 Å². The average Bonchev–Trinajstić information content (AvgIpc) is 2.28. The molecule has 0 amide bonds. The van der Waals surface area contributed by atoms with Gasteiger partial charge in [-0.05, 0) is 12.0 Å². The third-order valence-electron chi connectivity index (χ3n) is 2.05. The summed E-state index contributed by atoms with van der Waals surface area (Å²) in [6.45, 7) is -0.156. The molecule has 92 valence electrons. The monoisotopic (exact) mass is 236 g/mol. The molecular weight excluding hydrogens is 220 g/mol. The van der Waals surface area contributed by atoms with Crippen molar-refractivity contribution in [3.05, 3.63) is 35.9 Å². The Labute approximate surface area is 99.4 Å². The van der Waals surface area contributed by atoms with Crippen molar-refractivity contribution in [1.82, 2.24) is 0 Å². The Bertz CT molecular complexity index is 392. The van der Waals surface area contributed by atoms with Gasteiger partial charge in [-0.25, -0.2) is 4.99 Å². The third-order valence-corrected chi connectivity index (χ3v) is 2.05. The number of benzene rings is 1. The minimum absolute atomic E-state index is 0.156. The molecular formula is C11H16N4O2. The lowest BCUT2D eigenvalue weighted by molar-refractivity contribution is 0.264. The van der Waals surface area contributed by atoms with E-state index < -0.39 is 12.1 Å². The van der Waals surface area contributed by atoms with Gasteiger partial charge >= 0.3 is 0 Å². The van der Waals surface area contributed by atoms with Crippen molar-refractivity contribution < 1.29 is 9.84 Å². The van der Waals surface area contributed by atoms with Gasteiger partial charge in [0.05, 0.1) is 12.6 Å². The van der Waals surface area contributed by atoms with Crippen LogP contribution in [0.4, 0.5) is 0 Å². The molecule has 0 heterocycles. The Morgan fingerprint density at radius 1 is 1.35 bits per heavy atom. The number of ether oxygens (including phenoxy) is 1. The molecule has 6 nitrogen and oxygen atoms in total. The van der Waals surface area contributed by atoms with Crippen LogP contribution in [0.5, 0.6) is 0 Å².